The number of hydrogen-bond donors (Lipinski definition) is 2. The Balaban J connectivity index is 1.41. The van der Waals surface area contributed by atoms with E-state index in [1.54, 1.807) is 37.4 Å². The molecular formula is C30H31FN2O6. The quantitative estimate of drug-likeness (QED) is 0.348. The number of benzene rings is 3. The summed E-state index contributed by atoms with van der Waals surface area (Å²) in [6.07, 6.45) is 1.57. The van der Waals surface area contributed by atoms with Gasteiger partial charge in [0.15, 0.2) is 0 Å². The molecule has 204 valence electrons. The van der Waals surface area contributed by atoms with Crippen LogP contribution in [0.5, 0.6) is 0 Å². The normalized spacial score (nSPS) is 14.4. The number of carbonyl (C=O) groups excluding carboxylic acids is 3. The van der Waals surface area contributed by atoms with Crippen molar-refractivity contribution in [2.75, 3.05) is 13.7 Å². The number of hydrogen-bond acceptors (Lipinski definition) is 6. The number of alkyl carbamates (subject to hydrolysis) is 1. The van der Waals surface area contributed by atoms with Crippen molar-refractivity contribution in [3.8, 4) is 0 Å². The van der Waals surface area contributed by atoms with Crippen LogP contribution in [0.15, 0.2) is 78.9 Å². The van der Waals surface area contributed by atoms with E-state index in [1.807, 2.05) is 36.4 Å². The van der Waals surface area contributed by atoms with E-state index in [4.69, 9.17) is 14.2 Å². The van der Waals surface area contributed by atoms with Gasteiger partial charge in [-0.15, -0.1) is 0 Å². The lowest BCUT2D eigenvalue weighted by molar-refractivity contribution is -0.147. The smallest absolute Gasteiger partial charge is 0.408 e. The second kappa shape index (κ2) is 13.0. The molecule has 1 aliphatic carbocycles. The molecule has 0 heterocycles. The van der Waals surface area contributed by atoms with Crippen molar-refractivity contribution in [1.29, 1.82) is 0 Å². The monoisotopic (exact) mass is 534 g/mol. The number of ether oxygens (including phenoxy) is 3. The standard InChI is InChI=1S/C30H31FN2O6/c1-37-30(13-8-14-30)24-15-23(16-25(31)17-24)27(34)32-18-26(28(35)38-19-21-9-4-2-5-10-21)33-29(36)39-20-22-11-6-3-7-12-22/h2-7,9-12,15-17,26H,8,13-14,18-20H2,1H3,(H,32,34)(H,33,36)/t26-/m1/s1. The molecule has 0 bridgehead atoms. The molecule has 0 radical (unpaired) electrons. The highest BCUT2D eigenvalue weighted by atomic mass is 19.1. The van der Waals surface area contributed by atoms with E-state index in [0.717, 1.165) is 36.5 Å². The fourth-order valence-corrected chi connectivity index (χ4v) is 4.32. The van der Waals surface area contributed by atoms with Gasteiger partial charge in [-0.05, 0) is 54.2 Å². The van der Waals surface area contributed by atoms with Crippen LogP contribution in [0.1, 0.15) is 46.3 Å². The van der Waals surface area contributed by atoms with Crippen molar-refractivity contribution in [1.82, 2.24) is 10.6 Å². The highest BCUT2D eigenvalue weighted by Gasteiger charge is 2.39. The van der Waals surface area contributed by atoms with Gasteiger partial charge in [0.1, 0.15) is 25.1 Å². The molecule has 1 atom stereocenters. The van der Waals surface area contributed by atoms with Crippen molar-refractivity contribution in [3.05, 3.63) is 107 Å². The molecular weight excluding hydrogens is 503 g/mol. The number of esters is 1. The lowest BCUT2D eigenvalue weighted by atomic mass is 9.74. The Morgan fingerprint density at radius 1 is 0.897 bits per heavy atom. The number of carbonyl (C=O) groups is 3. The summed E-state index contributed by atoms with van der Waals surface area (Å²) in [5.74, 6) is -1.94. The topological polar surface area (TPSA) is 103 Å². The minimum atomic E-state index is -1.24. The summed E-state index contributed by atoms with van der Waals surface area (Å²) in [4.78, 5) is 38.3. The van der Waals surface area contributed by atoms with Gasteiger partial charge in [-0.2, -0.15) is 0 Å². The molecule has 39 heavy (non-hydrogen) atoms. The van der Waals surface area contributed by atoms with Gasteiger partial charge < -0.3 is 24.8 Å². The number of methoxy groups -OCH3 is 1. The van der Waals surface area contributed by atoms with Gasteiger partial charge in [0.05, 0.1) is 5.60 Å². The van der Waals surface area contributed by atoms with Gasteiger partial charge >= 0.3 is 12.1 Å². The van der Waals surface area contributed by atoms with E-state index in [9.17, 15) is 18.8 Å². The average molecular weight is 535 g/mol. The molecule has 1 saturated carbocycles. The van der Waals surface area contributed by atoms with Crippen LogP contribution in [-0.2, 0) is 37.8 Å². The second-order valence-corrected chi connectivity index (χ2v) is 9.34. The van der Waals surface area contributed by atoms with Gasteiger partial charge in [-0.25, -0.2) is 14.0 Å². The fourth-order valence-electron chi connectivity index (χ4n) is 4.32. The largest absolute Gasteiger partial charge is 0.459 e. The molecule has 3 aromatic rings. The Hall–Kier alpha value is -4.24. The maximum atomic E-state index is 14.4. The molecule has 0 saturated heterocycles. The first-order valence-corrected chi connectivity index (χ1v) is 12.7. The Kier molecular flexibility index (Phi) is 9.27. The van der Waals surface area contributed by atoms with E-state index < -0.39 is 35.4 Å². The van der Waals surface area contributed by atoms with Crippen LogP contribution in [0, 0.1) is 5.82 Å². The molecule has 1 fully saturated rings. The number of halogens is 1. The van der Waals surface area contributed by atoms with E-state index in [-0.39, 0.29) is 25.3 Å². The predicted molar refractivity (Wildman–Crippen MR) is 141 cm³/mol. The summed E-state index contributed by atoms with van der Waals surface area (Å²) in [5, 5.41) is 5.06. The zero-order chi connectivity index (χ0) is 27.7. The van der Waals surface area contributed by atoms with Crippen molar-refractivity contribution in [3.63, 3.8) is 0 Å². The van der Waals surface area contributed by atoms with Crippen LogP contribution in [0.4, 0.5) is 9.18 Å². The molecule has 8 nitrogen and oxygen atoms in total. The Morgan fingerprint density at radius 2 is 1.51 bits per heavy atom. The Morgan fingerprint density at radius 3 is 2.08 bits per heavy atom. The van der Waals surface area contributed by atoms with Crippen molar-refractivity contribution >= 4 is 18.0 Å². The molecule has 2 amide bonds. The Bertz CT molecular complexity index is 1280. The van der Waals surface area contributed by atoms with Crippen LogP contribution in [-0.4, -0.2) is 37.7 Å². The molecule has 4 rings (SSSR count). The van der Waals surface area contributed by atoms with Gasteiger partial charge in [0, 0.05) is 19.2 Å². The van der Waals surface area contributed by atoms with E-state index in [2.05, 4.69) is 10.6 Å². The van der Waals surface area contributed by atoms with Gasteiger partial charge in [0.2, 0.25) is 0 Å². The SMILES string of the molecule is COC1(c2cc(F)cc(C(=O)NC[C@@H](NC(=O)OCc3ccccc3)C(=O)OCc3ccccc3)c2)CCC1. The van der Waals surface area contributed by atoms with Crippen LogP contribution < -0.4 is 10.6 Å². The minimum absolute atomic E-state index is 0.00185. The number of amides is 2. The van der Waals surface area contributed by atoms with Gasteiger partial charge in [0.25, 0.3) is 5.91 Å². The molecule has 2 N–H and O–H groups in total. The van der Waals surface area contributed by atoms with Crippen LogP contribution >= 0.6 is 0 Å². The predicted octanol–water partition coefficient (Wildman–Crippen LogP) is 4.62. The zero-order valence-electron chi connectivity index (χ0n) is 21.7. The third-order valence-corrected chi connectivity index (χ3v) is 6.72. The van der Waals surface area contributed by atoms with Crippen molar-refractivity contribution in [2.24, 2.45) is 0 Å². The highest BCUT2D eigenvalue weighted by molar-refractivity contribution is 5.95. The number of nitrogens with one attached hydrogen (secondary N) is 2. The average Bonchev–Trinajstić information content (AvgIpc) is 2.93. The van der Waals surface area contributed by atoms with Crippen LogP contribution in [0.2, 0.25) is 0 Å². The molecule has 3 aromatic carbocycles. The van der Waals surface area contributed by atoms with Crippen LogP contribution in [0.3, 0.4) is 0 Å². The first-order valence-electron chi connectivity index (χ1n) is 12.7. The summed E-state index contributed by atoms with van der Waals surface area (Å²) < 4.78 is 30.6. The van der Waals surface area contributed by atoms with Crippen molar-refractivity contribution in [2.45, 2.75) is 44.1 Å². The zero-order valence-corrected chi connectivity index (χ0v) is 21.7. The van der Waals surface area contributed by atoms with E-state index in [1.165, 1.54) is 6.07 Å². The highest BCUT2D eigenvalue weighted by Crippen LogP contribution is 2.44. The molecule has 0 unspecified atom stereocenters. The third kappa shape index (κ3) is 7.42. The summed E-state index contributed by atoms with van der Waals surface area (Å²) >= 11 is 0. The Labute approximate surface area is 226 Å². The van der Waals surface area contributed by atoms with E-state index in [0.29, 0.717) is 5.56 Å². The van der Waals surface area contributed by atoms with E-state index >= 15 is 0 Å². The van der Waals surface area contributed by atoms with Crippen molar-refractivity contribution < 1.29 is 33.0 Å². The lowest BCUT2D eigenvalue weighted by Gasteiger charge is -2.41. The summed E-state index contributed by atoms with van der Waals surface area (Å²) in [6, 6.07) is 20.9. The minimum Gasteiger partial charge on any atom is -0.459 e. The fraction of sp³-hybridized carbons (Fsp3) is 0.300. The molecule has 0 spiro atoms. The first kappa shape index (κ1) is 27.8. The second-order valence-electron chi connectivity index (χ2n) is 9.34. The third-order valence-electron chi connectivity index (χ3n) is 6.72. The summed E-state index contributed by atoms with van der Waals surface area (Å²) in [6.45, 7) is -0.316. The molecule has 0 aliphatic heterocycles. The number of rotatable bonds is 11. The molecule has 0 aromatic heterocycles. The van der Waals surface area contributed by atoms with Gasteiger partial charge in [-0.3, -0.25) is 4.79 Å². The summed E-state index contributed by atoms with van der Waals surface area (Å²) in [7, 11) is 1.57. The van der Waals surface area contributed by atoms with Gasteiger partial charge in [-0.1, -0.05) is 60.7 Å². The van der Waals surface area contributed by atoms with Crippen LogP contribution in [0.25, 0.3) is 0 Å². The molecule has 1 aliphatic rings. The maximum absolute atomic E-state index is 14.4. The molecule has 9 heteroatoms. The first-order chi connectivity index (χ1) is 18.9. The summed E-state index contributed by atoms with van der Waals surface area (Å²) in [5.41, 5.74) is 1.59. The maximum Gasteiger partial charge on any atom is 0.408 e. The lowest BCUT2D eigenvalue weighted by Crippen LogP contribution is -2.49.